The van der Waals surface area contributed by atoms with Crippen LogP contribution in [-0.2, 0) is 5.41 Å². The Morgan fingerprint density at radius 2 is 2.00 bits per heavy atom. The van der Waals surface area contributed by atoms with Crippen molar-refractivity contribution >= 4 is 11.6 Å². The summed E-state index contributed by atoms with van der Waals surface area (Å²) in [5.41, 5.74) is 3.08. The molecule has 2 rings (SSSR count). The third-order valence-electron chi connectivity index (χ3n) is 2.87. The zero-order chi connectivity index (χ0) is 10.3. The summed E-state index contributed by atoms with van der Waals surface area (Å²) in [5.74, 6) is 0. The number of hydrogen-bond acceptors (Lipinski definition) is 1. The first-order chi connectivity index (χ1) is 6.59. The van der Waals surface area contributed by atoms with Gasteiger partial charge in [0.25, 0.3) is 0 Å². The van der Waals surface area contributed by atoms with Crippen molar-refractivity contribution in [3.05, 3.63) is 33.8 Å². The van der Waals surface area contributed by atoms with E-state index in [0.717, 1.165) is 34.6 Å². The summed E-state index contributed by atoms with van der Waals surface area (Å²) in [6, 6.07) is 6.43. The van der Waals surface area contributed by atoms with Crippen LogP contribution >= 0.6 is 11.6 Å². The van der Waals surface area contributed by atoms with Crippen LogP contribution in [0, 0.1) is 25.2 Å². The lowest BCUT2D eigenvalue weighted by Crippen LogP contribution is -2.06. The Kier molecular flexibility index (Phi) is 2.05. The summed E-state index contributed by atoms with van der Waals surface area (Å²) >= 11 is 6.19. The van der Waals surface area contributed by atoms with Crippen molar-refractivity contribution in [3.8, 4) is 6.07 Å². The van der Waals surface area contributed by atoms with Gasteiger partial charge < -0.3 is 0 Å². The first kappa shape index (κ1) is 9.55. The highest BCUT2D eigenvalue weighted by Crippen LogP contribution is 2.51. The molecule has 0 unspecified atom stereocenters. The van der Waals surface area contributed by atoms with Crippen molar-refractivity contribution in [2.75, 3.05) is 0 Å². The molecule has 0 N–H and O–H groups in total. The van der Waals surface area contributed by atoms with Crippen LogP contribution in [0.4, 0.5) is 0 Å². The summed E-state index contributed by atoms with van der Waals surface area (Å²) in [4.78, 5) is 0. The SMILES string of the molecule is Cc1cc(C)c(C2(C#N)CC2)c(Cl)c1. The molecule has 0 heterocycles. The van der Waals surface area contributed by atoms with Gasteiger partial charge in [-0.1, -0.05) is 17.7 Å². The highest BCUT2D eigenvalue weighted by Gasteiger charge is 2.47. The summed E-state index contributed by atoms with van der Waals surface area (Å²) in [7, 11) is 0. The number of halogens is 1. The standard InChI is InChI=1S/C12H12ClN/c1-8-5-9(2)11(10(13)6-8)12(7-14)3-4-12/h5-6H,3-4H2,1-2H3. The molecule has 14 heavy (non-hydrogen) atoms. The van der Waals surface area contributed by atoms with Crippen molar-refractivity contribution in [1.82, 2.24) is 0 Å². The average Bonchev–Trinajstić information content (AvgIpc) is 2.83. The fourth-order valence-corrected chi connectivity index (χ4v) is 2.57. The number of nitrogens with zero attached hydrogens (tertiary/aromatic N) is 1. The Hall–Kier alpha value is -1.00. The molecule has 0 saturated heterocycles. The van der Waals surface area contributed by atoms with Gasteiger partial charge in [0.1, 0.15) is 0 Å². The first-order valence-electron chi connectivity index (χ1n) is 4.77. The maximum Gasteiger partial charge on any atom is 0.0840 e. The van der Waals surface area contributed by atoms with Crippen molar-refractivity contribution in [2.24, 2.45) is 0 Å². The maximum absolute atomic E-state index is 9.12. The van der Waals surface area contributed by atoms with Crippen LogP contribution in [0.15, 0.2) is 12.1 Å². The molecule has 1 nitrogen and oxygen atoms in total. The van der Waals surface area contributed by atoms with Crippen molar-refractivity contribution in [3.63, 3.8) is 0 Å². The Labute approximate surface area is 89.3 Å². The van der Waals surface area contributed by atoms with E-state index in [4.69, 9.17) is 16.9 Å². The molecule has 0 aliphatic heterocycles. The van der Waals surface area contributed by atoms with E-state index >= 15 is 0 Å². The van der Waals surface area contributed by atoms with E-state index < -0.39 is 0 Å². The summed E-state index contributed by atoms with van der Waals surface area (Å²) in [6.45, 7) is 4.06. The van der Waals surface area contributed by atoms with Crippen LogP contribution in [0.25, 0.3) is 0 Å². The average molecular weight is 206 g/mol. The Morgan fingerprint density at radius 3 is 2.43 bits per heavy atom. The highest BCUT2D eigenvalue weighted by atomic mass is 35.5. The molecule has 1 saturated carbocycles. The van der Waals surface area contributed by atoms with Gasteiger partial charge in [-0.3, -0.25) is 0 Å². The van der Waals surface area contributed by atoms with E-state index in [9.17, 15) is 0 Å². The maximum atomic E-state index is 9.12. The Balaban J connectivity index is 2.60. The lowest BCUT2D eigenvalue weighted by atomic mass is 9.92. The molecule has 1 aromatic carbocycles. The predicted molar refractivity (Wildman–Crippen MR) is 57.5 cm³/mol. The number of nitriles is 1. The zero-order valence-electron chi connectivity index (χ0n) is 8.39. The molecule has 0 bridgehead atoms. The molecule has 0 radical (unpaired) electrons. The minimum atomic E-state index is -0.269. The van der Waals surface area contributed by atoms with Gasteiger partial charge in [-0.25, -0.2) is 0 Å². The van der Waals surface area contributed by atoms with E-state index in [0.29, 0.717) is 0 Å². The van der Waals surface area contributed by atoms with E-state index in [1.807, 2.05) is 19.9 Å². The third kappa shape index (κ3) is 1.31. The molecule has 1 aromatic rings. The minimum Gasteiger partial charge on any atom is -0.197 e. The molecule has 0 spiro atoms. The highest BCUT2D eigenvalue weighted by molar-refractivity contribution is 6.31. The number of hydrogen-bond donors (Lipinski definition) is 0. The van der Waals surface area contributed by atoms with Crippen LogP contribution in [-0.4, -0.2) is 0 Å². The second-order valence-corrected chi connectivity index (χ2v) is 4.54. The molecule has 0 atom stereocenters. The van der Waals surface area contributed by atoms with Crippen molar-refractivity contribution < 1.29 is 0 Å². The molecule has 1 aliphatic carbocycles. The molecule has 1 fully saturated rings. The molecule has 2 heteroatoms. The smallest absolute Gasteiger partial charge is 0.0840 e. The van der Waals surface area contributed by atoms with Gasteiger partial charge in [0.2, 0.25) is 0 Å². The van der Waals surface area contributed by atoms with E-state index in [2.05, 4.69) is 12.1 Å². The Bertz CT molecular complexity index is 401. The number of rotatable bonds is 1. The van der Waals surface area contributed by atoms with Crippen molar-refractivity contribution in [2.45, 2.75) is 32.1 Å². The zero-order valence-corrected chi connectivity index (χ0v) is 9.15. The number of aryl methyl sites for hydroxylation is 2. The van der Waals surface area contributed by atoms with Crippen molar-refractivity contribution in [1.29, 1.82) is 5.26 Å². The minimum absolute atomic E-state index is 0.269. The molecular formula is C12H12ClN. The lowest BCUT2D eigenvalue weighted by Gasteiger charge is -2.13. The van der Waals surface area contributed by atoms with Gasteiger partial charge in [0.05, 0.1) is 11.5 Å². The largest absolute Gasteiger partial charge is 0.197 e. The van der Waals surface area contributed by atoms with Crippen LogP contribution in [0.1, 0.15) is 29.5 Å². The van der Waals surface area contributed by atoms with E-state index in [-0.39, 0.29) is 5.41 Å². The quantitative estimate of drug-likeness (QED) is 0.688. The fourth-order valence-electron chi connectivity index (χ4n) is 2.06. The van der Waals surface area contributed by atoms with E-state index in [1.165, 1.54) is 0 Å². The predicted octanol–water partition coefficient (Wildman–Crippen LogP) is 3.51. The molecule has 72 valence electrons. The third-order valence-corrected chi connectivity index (χ3v) is 3.17. The van der Waals surface area contributed by atoms with Crippen LogP contribution in [0.3, 0.4) is 0 Å². The summed E-state index contributed by atoms with van der Waals surface area (Å²) in [6.07, 6.45) is 1.90. The van der Waals surface area contributed by atoms with Crippen LogP contribution in [0.5, 0.6) is 0 Å². The lowest BCUT2D eigenvalue weighted by molar-refractivity contribution is 0.894. The van der Waals surface area contributed by atoms with Gasteiger partial charge >= 0.3 is 0 Å². The topological polar surface area (TPSA) is 23.8 Å². The molecule has 1 aliphatic rings. The normalized spacial score (nSPS) is 17.6. The van der Waals surface area contributed by atoms with Gasteiger partial charge in [-0.15, -0.1) is 0 Å². The second-order valence-electron chi connectivity index (χ2n) is 4.13. The second kappa shape index (κ2) is 3.00. The summed E-state index contributed by atoms with van der Waals surface area (Å²) in [5, 5.41) is 9.87. The molecule has 0 aromatic heterocycles. The van der Waals surface area contributed by atoms with Gasteiger partial charge in [0.15, 0.2) is 0 Å². The van der Waals surface area contributed by atoms with Crippen LogP contribution in [0.2, 0.25) is 5.02 Å². The van der Waals surface area contributed by atoms with E-state index in [1.54, 1.807) is 0 Å². The van der Waals surface area contributed by atoms with Gasteiger partial charge in [-0.2, -0.15) is 5.26 Å². The van der Waals surface area contributed by atoms with Gasteiger partial charge in [0, 0.05) is 5.02 Å². The molecule has 0 amide bonds. The monoisotopic (exact) mass is 205 g/mol. The first-order valence-corrected chi connectivity index (χ1v) is 5.15. The Morgan fingerprint density at radius 1 is 1.36 bits per heavy atom. The molecular weight excluding hydrogens is 194 g/mol. The number of benzene rings is 1. The fraction of sp³-hybridized carbons (Fsp3) is 0.417. The van der Waals surface area contributed by atoms with Gasteiger partial charge in [-0.05, 0) is 49.4 Å². The summed E-state index contributed by atoms with van der Waals surface area (Å²) < 4.78 is 0. The van der Waals surface area contributed by atoms with Crippen LogP contribution < -0.4 is 0 Å².